The zero-order chi connectivity index (χ0) is 34.2. The molecule has 2 aliphatic rings. The van der Waals surface area contributed by atoms with Crippen LogP contribution in [0.5, 0.6) is 0 Å². The third-order valence-corrected chi connectivity index (χ3v) is 9.75. The summed E-state index contributed by atoms with van der Waals surface area (Å²) in [5.41, 5.74) is 9.24. The molecule has 0 spiro atoms. The van der Waals surface area contributed by atoms with Gasteiger partial charge in [0.05, 0.1) is 11.1 Å². The topological polar surface area (TPSA) is 43.5 Å². The van der Waals surface area contributed by atoms with Gasteiger partial charge in [-0.05, 0) is 88.1 Å². The summed E-state index contributed by atoms with van der Waals surface area (Å²) in [4.78, 5) is 15.9. The molecular weight excluding hydrogens is 588 g/mol. The van der Waals surface area contributed by atoms with Crippen LogP contribution in [0, 0.1) is 13.8 Å². The van der Waals surface area contributed by atoms with Gasteiger partial charge in [-0.1, -0.05) is 93.5 Å². The van der Waals surface area contributed by atoms with Crippen LogP contribution < -0.4 is 4.90 Å². The lowest BCUT2D eigenvalue weighted by molar-refractivity contribution is -0.480. The van der Waals surface area contributed by atoms with Gasteiger partial charge in [0.25, 0.3) is 0 Å². The molecule has 0 aliphatic heterocycles. The maximum Gasteiger partial charge on any atom is 0.205 e. The molecule has 0 fully saturated rings. The predicted octanol–water partition coefficient (Wildman–Crippen LogP) is 11.4. The first-order chi connectivity index (χ1) is 23.2. The van der Waals surface area contributed by atoms with Crippen LogP contribution in [-0.2, 0) is 4.79 Å². The van der Waals surface area contributed by atoms with Crippen molar-refractivity contribution in [3.8, 4) is 0 Å². The second kappa shape index (κ2) is 16.1. The Morgan fingerprint density at radius 3 is 1.73 bits per heavy atom. The Labute approximate surface area is 288 Å². The highest BCUT2D eigenvalue weighted by Crippen LogP contribution is 2.40. The van der Waals surface area contributed by atoms with Gasteiger partial charge in [0.1, 0.15) is 5.76 Å². The number of carbonyl (C=O) groups is 1. The first kappa shape index (κ1) is 34.9. The van der Waals surface area contributed by atoms with Crippen molar-refractivity contribution in [2.45, 2.75) is 105 Å². The summed E-state index contributed by atoms with van der Waals surface area (Å²) in [5.74, 6) is -0.0354. The second-order valence-electron chi connectivity index (χ2n) is 13.6. The summed E-state index contributed by atoms with van der Waals surface area (Å²) in [5, 5.41) is 11.2. The van der Waals surface area contributed by atoms with Crippen LogP contribution in [0.25, 0.3) is 5.57 Å². The smallest absolute Gasteiger partial charge is 0.205 e. The van der Waals surface area contributed by atoms with Gasteiger partial charge in [-0.2, -0.15) is 4.58 Å². The average Bonchev–Trinajstić information content (AvgIpc) is 3.08. The van der Waals surface area contributed by atoms with E-state index in [0.29, 0.717) is 23.2 Å². The number of unbranched alkanes of at least 4 members (excludes halogenated alkanes) is 4. The number of Topliss-reactive ketones (excluding diaryl/α,β-unsaturated/α-hetero) is 1. The van der Waals surface area contributed by atoms with E-state index in [4.69, 9.17) is 0 Å². The number of aliphatic hydroxyl groups excluding tert-OH is 1. The Kier molecular flexibility index (Phi) is 11.7. The lowest BCUT2D eigenvalue weighted by atomic mass is 9.80. The van der Waals surface area contributed by atoms with Crippen molar-refractivity contribution in [1.29, 1.82) is 0 Å². The van der Waals surface area contributed by atoms with Crippen LogP contribution in [0.1, 0.15) is 95.8 Å². The Morgan fingerprint density at radius 2 is 1.19 bits per heavy atom. The predicted molar refractivity (Wildman–Crippen MR) is 203 cm³/mol. The molecule has 0 radical (unpaired) electrons. The molecule has 3 aromatic rings. The fraction of sp³-hybridized carbons (Fsp3) is 0.364. The molecule has 1 N–H and O–H groups in total. The highest BCUT2D eigenvalue weighted by molar-refractivity contribution is 6.39. The molecule has 0 aromatic heterocycles. The molecule has 0 saturated carbocycles. The molecule has 2 aliphatic carbocycles. The number of aryl methyl sites for hydroxylation is 2. The van der Waals surface area contributed by atoms with Crippen molar-refractivity contribution in [3.05, 3.63) is 131 Å². The maximum absolute atomic E-state index is 13.6. The van der Waals surface area contributed by atoms with E-state index < -0.39 is 0 Å². The average molecular weight is 642 g/mol. The molecule has 3 aromatic carbocycles. The first-order valence-electron chi connectivity index (χ1n) is 18.0. The summed E-state index contributed by atoms with van der Waals surface area (Å²) in [6.07, 6.45) is 17.5. The van der Waals surface area contributed by atoms with Gasteiger partial charge in [0.2, 0.25) is 17.2 Å². The molecule has 0 saturated heterocycles. The maximum atomic E-state index is 13.6. The Bertz CT molecular complexity index is 1720. The Hall–Kier alpha value is -4.44. The molecular formula is C44H53N2O2+. The fourth-order valence-corrected chi connectivity index (χ4v) is 6.88. The van der Waals surface area contributed by atoms with Crippen LogP contribution in [0.2, 0.25) is 0 Å². The van der Waals surface area contributed by atoms with E-state index >= 15 is 0 Å². The van der Waals surface area contributed by atoms with Crippen molar-refractivity contribution >= 4 is 34.1 Å². The number of hydrogen-bond donors (Lipinski definition) is 1. The van der Waals surface area contributed by atoms with E-state index in [1.165, 1.54) is 49.7 Å². The zero-order valence-electron chi connectivity index (χ0n) is 29.8. The number of anilines is 2. The van der Waals surface area contributed by atoms with Gasteiger partial charge in [-0.25, -0.2) is 0 Å². The van der Waals surface area contributed by atoms with E-state index in [9.17, 15) is 9.90 Å². The molecule has 250 valence electrons. The Balaban J connectivity index is 1.40. The standard InChI is InChI=1S/C44H52N2O2/c1-7-9-11-13-33(5)45(37-23-15-31(3)16-24-37)39-27-19-35(20-28-39)41-43(47)42(44(41)48)36-21-29-40(30-22-36)46(34(6)14-12-10-8-2)38-25-17-32(4)18-26-38/h15-30,33-34H,7-14H2,1-6H3/p+1. The number of ketones is 1. The van der Waals surface area contributed by atoms with Crippen molar-refractivity contribution in [2.75, 3.05) is 4.90 Å². The minimum Gasteiger partial charge on any atom is -0.506 e. The summed E-state index contributed by atoms with van der Waals surface area (Å²) in [7, 11) is 0. The number of carbonyl (C=O) groups excluding carboxylic acids is 1. The van der Waals surface area contributed by atoms with Crippen molar-refractivity contribution in [3.63, 3.8) is 0 Å². The minimum atomic E-state index is -0.111. The molecule has 0 heterocycles. The number of hydrogen-bond acceptors (Lipinski definition) is 3. The van der Waals surface area contributed by atoms with Gasteiger partial charge < -0.3 is 10.0 Å². The number of rotatable bonds is 14. The minimum absolute atomic E-state index is 0.0761. The van der Waals surface area contributed by atoms with Gasteiger partial charge in [0, 0.05) is 48.1 Å². The van der Waals surface area contributed by atoms with Crippen LogP contribution in [-0.4, -0.2) is 33.3 Å². The highest BCUT2D eigenvalue weighted by atomic mass is 16.3. The molecule has 4 nitrogen and oxygen atoms in total. The van der Waals surface area contributed by atoms with E-state index in [0.717, 1.165) is 46.8 Å². The largest absolute Gasteiger partial charge is 0.506 e. The molecule has 2 atom stereocenters. The van der Waals surface area contributed by atoms with Crippen LogP contribution >= 0.6 is 0 Å². The third-order valence-electron chi connectivity index (χ3n) is 9.75. The van der Waals surface area contributed by atoms with Gasteiger partial charge >= 0.3 is 0 Å². The zero-order valence-corrected chi connectivity index (χ0v) is 29.8. The monoisotopic (exact) mass is 641 g/mol. The van der Waals surface area contributed by atoms with Gasteiger partial charge in [-0.3, -0.25) is 4.79 Å². The number of allylic oxidation sites excluding steroid dienone is 7. The molecule has 4 heteroatoms. The summed E-state index contributed by atoms with van der Waals surface area (Å²) < 4.78 is 2.39. The third kappa shape index (κ3) is 7.81. The SMILES string of the molecule is CCCCCC(C)N(c1ccc(C)cc1)c1ccc(C2=C(O)C(=C3C=CC(=[N+](c4ccc(C)cc4)C(C)CCCCC)C=C3)C2=O)cc1. The molecule has 2 unspecified atom stereocenters. The van der Waals surface area contributed by atoms with Crippen LogP contribution in [0.15, 0.2) is 114 Å². The van der Waals surface area contributed by atoms with Gasteiger partial charge in [0.15, 0.2) is 6.04 Å². The Morgan fingerprint density at radius 1 is 0.667 bits per heavy atom. The number of nitrogens with zero attached hydrogens (tertiary/aromatic N) is 2. The fourth-order valence-electron chi connectivity index (χ4n) is 6.88. The second-order valence-corrected chi connectivity index (χ2v) is 13.6. The summed E-state index contributed by atoms with van der Waals surface area (Å²) >= 11 is 0. The van der Waals surface area contributed by atoms with Crippen LogP contribution in [0.4, 0.5) is 17.1 Å². The first-order valence-corrected chi connectivity index (χ1v) is 18.0. The summed E-state index contributed by atoms with van der Waals surface area (Å²) in [6, 6.07) is 26.1. The van der Waals surface area contributed by atoms with Crippen LogP contribution in [0.3, 0.4) is 0 Å². The normalized spacial score (nSPS) is 15.5. The molecule has 48 heavy (non-hydrogen) atoms. The van der Waals surface area contributed by atoms with Gasteiger partial charge in [-0.15, -0.1) is 0 Å². The van der Waals surface area contributed by atoms with Crippen molar-refractivity contribution < 1.29 is 14.5 Å². The summed E-state index contributed by atoms with van der Waals surface area (Å²) in [6.45, 7) is 13.3. The molecule has 0 bridgehead atoms. The van der Waals surface area contributed by atoms with E-state index in [2.05, 4.69) is 124 Å². The quantitative estimate of drug-likeness (QED) is 0.108. The van der Waals surface area contributed by atoms with Crippen molar-refractivity contribution in [1.82, 2.24) is 0 Å². The lowest BCUT2D eigenvalue weighted by Gasteiger charge is -2.32. The van der Waals surface area contributed by atoms with E-state index in [1.807, 2.05) is 24.3 Å². The highest BCUT2D eigenvalue weighted by Gasteiger charge is 2.37. The van der Waals surface area contributed by atoms with E-state index in [-0.39, 0.29) is 11.5 Å². The molecule has 5 rings (SSSR count). The van der Waals surface area contributed by atoms with Crippen molar-refractivity contribution in [2.24, 2.45) is 0 Å². The number of benzene rings is 3. The van der Waals surface area contributed by atoms with E-state index in [1.54, 1.807) is 0 Å². The molecule has 0 amide bonds. The lowest BCUT2D eigenvalue weighted by Crippen LogP contribution is -2.28. The number of aliphatic hydroxyl groups is 1.